The molecule has 84 valence electrons. The molecule has 0 fully saturated rings. The Morgan fingerprint density at radius 1 is 1.47 bits per heavy atom. The van der Waals surface area contributed by atoms with Gasteiger partial charge in [0.25, 0.3) is 0 Å². The molecule has 4 heteroatoms. The lowest BCUT2D eigenvalue weighted by atomic mass is 10.1. The third-order valence-corrected chi connectivity index (χ3v) is 2.18. The Labute approximate surface area is 97.9 Å². The molecule has 0 aliphatic carbocycles. The molecule has 0 spiro atoms. The highest BCUT2D eigenvalue weighted by Gasteiger charge is 2.00. The predicted octanol–water partition coefficient (Wildman–Crippen LogP) is 1.89. The first kappa shape index (κ1) is 11.1. The molecule has 0 aliphatic heterocycles. The highest BCUT2D eigenvalue weighted by Crippen LogP contribution is 2.07. The maximum Gasteiger partial charge on any atom is 0.153 e. The van der Waals surface area contributed by atoms with Crippen molar-refractivity contribution >= 4 is 6.29 Å². The van der Waals surface area contributed by atoms with E-state index in [1.165, 1.54) is 12.1 Å². The topological polar surface area (TPSA) is 34.9 Å². The summed E-state index contributed by atoms with van der Waals surface area (Å²) in [5, 5.41) is 0. The van der Waals surface area contributed by atoms with Crippen molar-refractivity contribution in [1.82, 2.24) is 9.55 Å². The Bertz CT molecular complexity index is 579. The quantitative estimate of drug-likeness (QED) is 0.581. The summed E-state index contributed by atoms with van der Waals surface area (Å²) in [6, 6.07) is 4.22. The van der Waals surface area contributed by atoms with Gasteiger partial charge in [-0.15, -0.1) is 0 Å². The van der Waals surface area contributed by atoms with E-state index < -0.39 is 5.82 Å². The van der Waals surface area contributed by atoms with E-state index in [4.69, 9.17) is 0 Å². The second-order valence-electron chi connectivity index (χ2n) is 3.39. The van der Waals surface area contributed by atoms with Crippen molar-refractivity contribution in [2.24, 2.45) is 0 Å². The van der Waals surface area contributed by atoms with Crippen molar-refractivity contribution in [3.05, 3.63) is 53.9 Å². The van der Waals surface area contributed by atoms with E-state index >= 15 is 0 Å². The number of nitrogens with zero attached hydrogens (tertiary/aromatic N) is 2. The number of hydrogen-bond acceptors (Lipinski definition) is 2. The number of halogens is 1. The number of carbonyl (C=O) groups is 1. The monoisotopic (exact) mass is 228 g/mol. The molecule has 0 radical (unpaired) electrons. The number of benzene rings is 1. The first-order chi connectivity index (χ1) is 8.29. The Kier molecular flexibility index (Phi) is 3.31. The zero-order chi connectivity index (χ0) is 12.1. The second kappa shape index (κ2) is 5.08. The van der Waals surface area contributed by atoms with Gasteiger partial charge >= 0.3 is 0 Å². The number of aromatic nitrogens is 2. The lowest BCUT2D eigenvalue weighted by Crippen LogP contribution is -1.91. The lowest BCUT2D eigenvalue weighted by molar-refractivity contribution is 0.112. The van der Waals surface area contributed by atoms with E-state index in [0.717, 1.165) is 0 Å². The largest absolute Gasteiger partial charge is 0.326 e. The fraction of sp³-hybridized carbons (Fsp3) is 0.0769. The molecule has 0 saturated heterocycles. The van der Waals surface area contributed by atoms with Crippen LogP contribution < -0.4 is 0 Å². The van der Waals surface area contributed by atoms with Crippen LogP contribution in [0, 0.1) is 17.7 Å². The number of hydrogen-bond donors (Lipinski definition) is 0. The van der Waals surface area contributed by atoms with Crippen LogP contribution >= 0.6 is 0 Å². The van der Waals surface area contributed by atoms with Gasteiger partial charge in [0.05, 0.1) is 18.4 Å². The molecule has 0 saturated carbocycles. The van der Waals surface area contributed by atoms with Crippen LogP contribution in [-0.4, -0.2) is 15.8 Å². The van der Waals surface area contributed by atoms with Crippen molar-refractivity contribution in [2.45, 2.75) is 6.54 Å². The Balaban J connectivity index is 2.13. The molecule has 0 bridgehead atoms. The molecule has 1 aromatic carbocycles. The van der Waals surface area contributed by atoms with E-state index in [1.54, 1.807) is 24.8 Å². The molecule has 1 aromatic heterocycles. The van der Waals surface area contributed by atoms with Gasteiger partial charge in [0, 0.05) is 18.0 Å². The van der Waals surface area contributed by atoms with Gasteiger partial charge < -0.3 is 4.57 Å². The third kappa shape index (κ3) is 2.79. The molecule has 3 nitrogen and oxygen atoms in total. The predicted molar refractivity (Wildman–Crippen MR) is 60.9 cm³/mol. The molecule has 0 unspecified atom stereocenters. The van der Waals surface area contributed by atoms with Gasteiger partial charge in [0.2, 0.25) is 0 Å². The van der Waals surface area contributed by atoms with Crippen molar-refractivity contribution in [2.75, 3.05) is 0 Å². The average Bonchev–Trinajstić information content (AvgIpc) is 2.84. The molecule has 2 aromatic rings. The van der Waals surface area contributed by atoms with Crippen LogP contribution in [-0.2, 0) is 6.54 Å². The highest BCUT2D eigenvalue weighted by atomic mass is 19.1. The minimum Gasteiger partial charge on any atom is -0.326 e. The number of rotatable bonds is 2. The molecule has 1 heterocycles. The summed E-state index contributed by atoms with van der Waals surface area (Å²) in [5.74, 6) is 5.24. The van der Waals surface area contributed by atoms with E-state index in [-0.39, 0.29) is 5.56 Å². The second-order valence-corrected chi connectivity index (χ2v) is 3.39. The van der Waals surface area contributed by atoms with Crippen molar-refractivity contribution < 1.29 is 9.18 Å². The van der Waals surface area contributed by atoms with Gasteiger partial charge in [-0.2, -0.15) is 0 Å². The lowest BCUT2D eigenvalue weighted by Gasteiger charge is -1.95. The maximum atomic E-state index is 13.0. The van der Waals surface area contributed by atoms with Crippen LogP contribution in [0.2, 0.25) is 0 Å². The van der Waals surface area contributed by atoms with Gasteiger partial charge in [-0.25, -0.2) is 9.37 Å². The summed E-state index contributed by atoms with van der Waals surface area (Å²) in [6.45, 7) is 0.508. The minimum atomic E-state index is -0.528. The molecule has 0 amide bonds. The maximum absolute atomic E-state index is 13.0. The SMILES string of the molecule is O=Cc1cc(C#CCn2ccnc2)ccc1F. The number of aldehydes is 1. The van der Waals surface area contributed by atoms with Gasteiger partial charge in [-0.05, 0) is 18.2 Å². The zero-order valence-corrected chi connectivity index (χ0v) is 8.93. The van der Waals surface area contributed by atoms with E-state index in [9.17, 15) is 9.18 Å². The van der Waals surface area contributed by atoms with Crippen molar-refractivity contribution in [3.63, 3.8) is 0 Å². The minimum absolute atomic E-state index is 0.0273. The molecule has 0 atom stereocenters. The summed E-state index contributed by atoms with van der Waals surface area (Å²) in [6.07, 6.45) is 5.62. The zero-order valence-electron chi connectivity index (χ0n) is 8.93. The van der Waals surface area contributed by atoms with Crippen LogP contribution in [0.15, 0.2) is 36.9 Å². The molecule has 0 aliphatic rings. The summed E-state index contributed by atoms with van der Waals surface area (Å²) in [4.78, 5) is 14.4. The van der Waals surface area contributed by atoms with Crippen molar-refractivity contribution in [1.29, 1.82) is 0 Å². The number of imidazole rings is 1. The number of carbonyl (C=O) groups excluding carboxylic acids is 1. The van der Waals surface area contributed by atoms with E-state index in [1.807, 2.05) is 4.57 Å². The van der Waals surface area contributed by atoms with Gasteiger partial charge in [-0.3, -0.25) is 4.79 Å². The standard InChI is InChI=1S/C13H9FN2O/c14-13-4-3-11(8-12(13)9-17)2-1-6-16-7-5-15-10-16/h3-5,7-10H,6H2. The van der Waals surface area contributed by atoms with Gasteiger partial charge in [-0.1, -0.05) is 11.8 Å². The Morgan fingerprint density at radius 3 is 3.06 bits per heavy atom. The Hall–Kier alpha value is -2.41. The fourth-order valence-electron chi connectivity index (χ4n) is 1.32. The molecule has 2 rings (SSSR count). The van der Waals surface area contributed by atoms with E-state index in [2.05, 4.69) is 16.8 Å². The highest BCUT2D eigenvalue weighted by molar-refractivity contribution is 5.76. The molecular weight excluding hydrogens is 219 g/mol. The summed E-state index contributed by atoms with van der Waals surface area (Å²) in [7, 11) is 0. The first-order valence-corrected chi connectivity index (χ1v) is 4.99. The van der Waals surface area contributed by atoms with Crippen LogP contribution in [0.3, 0.4) is 0 Å². The van der Waals surface area contributed by atoms with Crippen LogP contribution in [0.25, 0.3) is 0 Å². The summed E-state index contributed by atoms with van der Waals surface area (Å²) >= 11 is 0. The summed E-state index contributed by atoms with van der Waals surface area (Å²) in [5.41, 5.74) is 0.646. The molecule has 0 N–H and O–H groups in total. The molecule has 17 heavy (non-hydrogen) atoms. The molecular formula is C13H9FN2O. The van der Waals surface area contributed by atoms with Gasteiger partial charge in [0.1, 0.15) is 5.82 Å². The first-order valence-electron chi connectivity index (χ1n) is 4.99. The van der Waals surface area contributed by atoms with Crippen molar-refractivity contribution in [3.8, 4) is 11.8 Å². The van der Waals surface area contributed by atoms with Gasteiger partial charge in [0.15, 0.2) is 6.29 Å². The van der Waals surface area contributed by atoms with E-state index in [0.29, 0.717) is 18.4 Å². The fourth-order valence-corrected chi connectivity index (χ4v) is 1.32. The van der Waals surface area contributed by atoms with Crippen LogP contribution in [0.4, 0.5) is 4.39 Å². The van der Waals surface area contributed by atoms with Crippen LogP contribution in [0.1, 0.15) is 15.9 Å². The summed E-state index contributed by atoms with van der Waals surface area (Å²) < 4.78 is 14.8. The average molecular weight is 228 g/mol. The Morgan fingerprint density at radius 2 is 2.35 bits per heavy atom. The third-order valence-electron chi connectivity index (χ3n) is 2.18. The normalized spacial score (nSPS) is 9.47. The smallest absolute Gasteiger partial charge is 0.153 e. The van der Waals surface area contributed by atoms with Crippen LogP contribution in [0.5, 0.6) is 0 Å².